The molecule has 0 heterocycles. The minimum Gasteiger partial charge on any atom is -0.464 e. The van der Waals surface area contributed by atoms with Crippen molar-refractivity contribution in [2.75, 3.05) is 6.61 Å². The first kappa shape index (κ1) is 20.3. The first-order valence-electron chi connectivity index (χ1n) is 6.41. The Balaban J connectivity index is 4.95. The smallest absolute Gasteiger partial charge is 0.427 e. The number of ether oxygens (including phenoxy) is 1. The van der Waals surface area contributed by atoms with Crippen molar-refractivity contribution in [1.82, 2.24) is 0 Å². The van der Waals surface area contributed by atoms with E-state index < -0.39 is 29.8 Å². The summed E-state index contributed by atoms with van der Waals surface area (Å²) in [6, 6.07) is 0. The number of unbranched alkanes of at least 4 members (excludes halogenated alkanes) is 1. The summed E-state index contributed by atoms with van der Waals surface area (Å²) in [5.74, 6) is -2.82. The Labute approximate surface area is 123 Å². The quantitative estimate of drug-likeness (QED) is 0.375. The average molecular weight is 343 g/mol. The molecule has 0 aromatic rings. The van der Waals surface area contributed by atoms with Gasteiger partial charge in [0.2, 0.25) is 0 Å². The minimum absolute atomic E-state index is 0.295. The topological polar surface area (TPSA) is 26.3 Å². The van der Waals surface area contributed by atoms with Crippen molar-refractivity contribution >= 4 is 17.6 Å². The molecule has 0 fully saturated rings. The standard InChI is InChI=1S/C12H17ClF6O2/c1-3-5-6-8(4-2)7-21-9(20)10(13,11(14,15)16)12(17,18)19/h8H,3-7H2,1-2H3. The maximum Gasteiger partial charge on any atom is 0.427 e. The van der Waals surface area contributed by atoms with Crippen LogP contribution in [0.4, 0.5) is 26.3 Å². The summed E-state index contributed by atoms with van der Waals surface area (Å²) >= 11 is 4.55. The summed E-state index contributed by atoms with van der Waals surface area (Å²) in [4.78, 5) is 6.23. The summed E-state index contributed by atoms with van der Waals surface area (Å²) < 4.78 is 79.2. The van der Waals surface area contributed by atoms with E-state index in [2.05, 4.69) is 16.3 Å². The molecule has 0 aromatic heterocycles. The molecular formula is C12H17ClF6O2. The fourth-order valence-electron chi connectivity index (χ4n) is 1.58. The molecule has 0 N–H and O–H groups in total. The van der Waals surface area contributed by atoms with Crippen molar-refractivity contribution in [3.63, 3.8) is 0 Å². The minimum atomic E-state index is -5.99. The Morgan fingerprint density at radius 1 is 1.10 bits per heavy atom. The van der Waals surface area contributed by atoms with E-state index in [0.717, 1.165) is 12.8 Å². The summed E-state index contributed by atoms with van der Waals surface area (Å²) in [6.07, 6.45) is -9.41. The van der Waals surface area contributed by atoms with Crippen LogP contribution in [-0.4, -0.2) is 29.8 Å². The van der Waals surface area contributed by atoms with Gasteiger partial charge in [-0.2, -0.15) is 26.3 Å². The fourth-order valence-corrected chi connectivity index (χ4v) is 1.64. The molecule has 2 nitrogen and oxygen atoms in total. The molecule has 9 heteroatoms. The lowest BCUT2D eigenvalue weighted by atomic mass is 10.0. The molecule has 0 radical (unpaired) electrons. The van der Waals surface area contributed by atoms with Gasteiger partial charge >= 0.3 is 23.2 Å². The molecule has 0 aromatic carbocycles. The van der Waals surface area contributed by atoms with Crippen LogP contribution < -0.4 is 0 Å². The van der Waals surface area contributed by atoms with Gasteiger partial charge in [0.05, 0.1) is 6.61 Å². The zero-order valence-corrected chi connectivity index (χ0v) is 12.3. The average Bonchev–Trinajstić information content (AvgIpc) is 2.34. The third kappa shape index (κ3) is 4.93. The number of carbonyl (C=O) groups is 1. The normalized spacial score (nSPS) is 14.9. The molecule has 0 aliphatic carbocycles. The second kappa shape index (κ2) is 7.56. The predicted molar refractivity (Wildman–Crippen MR) is 65.0 cm³/mol. The molecule has 0 saturated heterocycles. The second-order valence-corrected chi connectivity index (χ2v) is 5.24. The number of rotatable bonds is 7. The number of halogens is 7. The maximum atomic E-state index is 12.5. The summed E-state index contributed by atoms with van der Waals surface area (Å²) in [5, 5.41) is 0. The highest BCUT2D eigenvalue weighted by Crippen LogP contribution is 2.48. The van der Waals surface area contributed by atoms with Gasteiger partial charge < -0.3 is 4.74 Å². The molecule has 0 aliphatic heterocycles. The van der Waals surface area contributed by atoms with Crippen LogP contribution in [0.5, 0.6) is 0 Å². The van der Waals surface area contributed by atoms with Gasteiger partial charge in [-0.3, -0.25) is 0 Å². The van der Waals surface area contributed by atoms with Crippen molar-refractivity contribution in [1.29, 1.82) is 0 Å². The monoisotopic (exact) mass is 342 g/mol. The van der Waals surface area contributed by atoms with Gasteiger partial charge in [0.25, 0.3) is 0 Å². The molecule has 0 bridgehead atoms. The Morgan fingerprint density at radius 3 is 1.90 bits per heavy atom. The van der Waals surface area contributed by atoms with Crippen molar-refractivity contribution in [2.24, 2.45) is 5.92 Å². The van der Waals surface area contributed by atoms with Crippen molar-refractivity contribution < 1.29 is 35.9 Å². The van der Waals surface area contributed by atoms with E-state index in [-0.39, 0.29) is 5.92 Å². The number of hydrogen-bond acceptors (Lipinski definition) is 2. The van der Waals surface area contributed by atoms with Gasteiger partial charge in [0.1, 0.15) is 0 Å². The van der Waals surface area contributed by atoms with Crippen LogP contribution in [0.25, 0.3) is 0 Å². The summed E-state index contributed by atoms with van der Waals surface area (Å²) in [5.41, 5.74) is 0. The molecule has 1 atom stereocenters. The highest BCUT2D eigenvalue weighted by Gasteiger charge is 2.76. The molecule has 0 amide bonds. The molecule has 0 saturated carbocycles. The lowest BCUT2D eigenvalue weighted by molar-refractivity contribution is -0.268. The Kier molecular flexibility index (Phi) is 7.32. The van der Waals surface area contributed by atoms with Gasteiger partial charge in [0, 0.05) is 0 Å². The van der Waals surface area contributed by atoms with Crippen LogP contribution in [0.3, 0.4) is 0 Å². The van der Waals surface area contributed by atoms with Crippen molar-refractivity contribution in [3.8, 4) is 0 Å². The Hall–Kier alpha value is -0.660. The molecule has 21 heavy (non-hydrogen) atoms. The van der Waals surface area contributed by atoms with Crippen molar-refractivity contribution in [2.45, 2.75) is 56.8 Å². The van der Waals surface area contributed by atoms with Gasteiger partial charge in [-0.25, -0.2) is 4.79 Å². The van der Waals surface area contributed by atoms with Crippen LogP contribution in [0.2, 0.25) is 0 Å². The van der Waals surface area contributed by atoms with E-state index in [1.54, 1.807) is 6.92 Å². The maximum absolute atomic E-state index is 12.5. The van der Waals surface area contributed by atoms with Crippen LogP contribution in [0, 0.1) is 5.92 Å². The van der Waals surface area contributed by atoms with Gasteiger partial charge in [-0.15, -0.1) is 0 Å². The first-order valence-corrected chi connectivity index (χ1v) is 6.79. The third-order valence-electron chi connectivity index (χ3n) is 3.06. The number of alkyl halides is 7. The molecule has 0 rings (SSSR count). The van der Waals surface area contributed by atoms with Crippen molar-refractivity contribution in [3.05, 3.63) is 0 Å². The molecular weight excluding hydrogens is 326 g/mol. The van der Waals surface area contributed by atoms with Crippen LogP contribution in [-0.2, 0) is 9.53 Å². The largest absolute Gasteiger partial charge is 0.464 e. The highest BCUT2D eigenvalue weighted by molar-refractivity contribution is 6.35. The number of esters is 1. The van der Waals surface area contributed by atoms with E-state index in [4.69, 9.17) is 0 Å². The third-order valence-corrected chi connectivity index (χ3v) is 3.64. The Morgan fingerprint density at radius 2 is 1.57 bits per heavy atom. The fraction of sp³-hybridized carbons (Fsp3) is 0.917. The second-order valence-electron chi connectivity index (χ2n) is 4.67. The number of carbonyl (C=O) groups excluding carboxylic acids is 1. The van der Waals surface area contributed by atoms with Gasteiger partial charge in [0.15, 0.2) is 0 Å². The first-order chi connectivity index (χ1) is 9.41. The van der Waals surface area contributed by atoms with Crippen LogP contribution in [0.15, 0.2) is 0 Å². The molecule has 1 unspecified atom stereocenters. The summed E-state index contributed by atoms with van der Waals surface area (Å²) in [7, 11) is 0. The zero-order chi connectivity index (χ0) is 16.9. The van der Waals surface area contributed by atoms with E-state index in [1.807, 2.05) is 6.92 Å². The van der Waals surface area contributed by atoms with E-state index in [9.17, 15) is 31.1 Å². The van der Waals surface area contributed by atoms with E-state index >= 15 is 0 Å². The summed E-state index contributed by atoms with van der Waals surface area (Å²) in [6.45, 7) is 3.07. The van der Waals surface area contributed by atoms with Crippen LogP contribution >= 0.6 is 11.6 Å². The molecule has 126 valence electrons. The van der Waals surface area contributed by atoms with Crippen LogP contribution in [0.1, 0.15) is 39.5 Å². The lowest BCUT2D eigenvalue weighted by Gasteiger charge is -2.29. The van der Waals surface area contributed by atoms with Gasteiger partial charge in [-0.1, -0.05) is 44.7 Å². The predicted octanol–water partition coefficient (Wildman–Crippen LogP) is 4.85. The zero-order valence-electron chi connectivity index (χ0n) is 11.6. The Bertz CT molecular complexity index is 326. The SMILES string of the molecule is CCCCC(CC)COC(=O)C(Cl)(C(F)(F)F)C(F)(F)F. The molecule has 0 aliphatic rings. The highest BCUT2D eigenvalue weighted by atomic mass is 35.5. The molecule has 0 spiro atoms. The van der Waals surface area contributed by atoms with E-state index in [0.29, 0.717) is 12.8 Å². The number of hydrogen-bond donors (Lipinski definition) is 0. The van der Waals surface area contributed by atoms with E-state index in [1.165, 1.54) is 0 Å². The van der Waals surface area contributed by atoms with Gasteiger partial charge in [-0.05, 0) is 12.3 Å². The lowest BCUT2D eigenvalue weighted by Crippen LogP contribution is -2.58.